The molecule has 1 aliphatic heterocycles. The highest BCUT2D eigenvalue weighted by Crippen LogP contribution is 2.36. The fraction of sp³-hybridized carbons (Fsp3) is 0.182. The Hall–Kier alpha value is -3.17. The molecular formula is C22H21N3O4S2. The van der Waals surface area contributed by atoms with Crippen molar-refractivity contribution >= 4 is 38.1 Å². The summed E-state index contributed by atoms with van der Waals surface area (Å²) in [4.78, 5) is 18.2. The summed E-state index contributed by atoms with van der Waals surface area (Å²) >= 11 is 1.20. The molecule has 0 spiro atoms. The van der Waals surface area contributed by atoms with Crippen molar-refractivity contribution in [2.75, 3.05) is 22.8 Å². The highest BCUT2D eigenvalue weighted by atomic mass is 32.2. The van der Waals surface area contributed by atoms with Crippen LogP contribution in [0.4, 0.5) is 10.8 Å². The van der Waals surface area contributed by atoms with E-state index in [1.54, 1.807) is 34.6 Å². The van der Waals surface area contributed by atoms with Gasteiger partial charge in [0.2, 0.25) is 10.0 Å². The molecular weight excluding hydrogens is 434 g/mol. The van der Waals surface area contributed by atoms with Gasteiger partial charge < -0.3 is 9.64 Å². The maximum Gasteiger partial charge on any atom is 0.265 e. The number of aryl methyl sites for hydroxylation is 1. The zero-order valence-corrected chi connectivity index (χ0v) is 18.5. The number of carbonyl (C=O) groups is 1. The first-order valence-electron chi connectivity index (χ1n) is 9.55. The lowest BCUT2D eigenvalue weighted by Gasteiger charge is -2.28. The maximum absolute atomic E-state index is 12.5. The van der Waals surface area contributed by atoms with Crippen molar-refractivity contribution < 1.29 is 17.9 Å². The standard InChI is InChI=1S/C22H21N3O4S2/c1-3-10-25-19-11-17(8-9-20(19)29-12-21(25)26)18-13-30-22(23-18)24-31(27,28)14-16-6-4-15(2)5-7-16/h3-9,11,13H,1,10,12,14H2,2H3,(H,23,24). The summed E-state index contributed by atoms with van der Waals surface area (Å²) in [5.74, 6) is 0.337. The van der Waals surface area contributed by atoms with Crippen LogP contribution in [0.2, 0.25) is 0 Å². The Kier molecular flexibility index (Phi) is 5.79. The van der Waals surface area contributed by atoms with Gasteiger partial charge in [0.05, 0.1) is 17.1 Å². The Balaban J connectivity index is 1.54. The van der Waals surface area contributed by atoms with E-state index in [-0.39, 0.29) is 23.4 Å². The Morgan fingerprint density at radius 1 is 1.26 bits per heavy atom. The highest BCUT2D eigenvalue weighted by Gasteiger charge is 2.25. The molecule has 3 aromatic rings. The minimum atomic E-state index is -3.59. The summed E-state index contributed by atoms with van der Waals surface area (Å²) in [5, 5.41) is 2.06. The van der Waals surface area contributed by atoms with E-state index in [0.29, 0.717) is 29.2 Å². The number of aromatic nitrogens is 1. The smallest absolute Gasteiger partial charge is 0.265 e. The summed E-state index contributed by atoms with van der Waals surface area (Å²) in [6.07, 6.45) is 1.66. The molecule has 1 aromatic heterocycles. The molecule has 0 bridgehead atoms. The minimum Gasteiger partial charge on any atom is -0.482 e. The monoisotopic (exact) mass is 455 g/mol. The van der Waals surface area contributed by atoms with Crippen LogP contribution in [0, 0.1) is 6.92 Å². The van der Waals surface area contributed by atoms with E-state index in [1.807, 2.05) is 31.2 Å². The molecule has 0 radical (unpaired) electrons. The van der Waals surface area contributed by atoms with Crippen LogP contribution in [0.25, 0.3) is 11.3 Å². The summed E-state index contributed by atoms with van der Waals surface area (Å²) in [6.45, 7) is 6.02. The number of carbonyl (C=O) groups excluding carboxylic acids is 1. The largest absolute Gasteiger partial charge is 0.482 e. The van der Waals surface area contributed by atoms with E-state index >= 15 is 0 Å². The second kappa shape index (κ2) is 8.52. The quantitative estimate of drug-likeness (QED) is 0.545. The average Bonchev–Trinajstić information content (AvgIpc) is 3.19. The van der Waals surface area contributed by atoms with Gasteiger partial charge in [-0.3, -0.25) is 9.52 Å². The highest BCUT2D eigenvalue weighted by molar-refractivity contribution is 7.92. The van der Waals surface area contributed by atoms with Crippen LogP contribution in [0.1, 0.15) is 11.1 Å². The fourth-order valence-electron chi connectivity index (χ4n) is 3.22. The van der Waals surface area contributed by atoms with E-state index < -0.39 is 10.0 Å². The summed E-state index contributed by atoms with van der Waals surface area (Å²) in [7, 11) is -3.59. The predicted molar refractivity (Wildman–Crippen MR) is 123 cm³/mol. The third-order valence-corrected chi connectivity index (χ3v) is 6.84. The molecule has 7 nitrogen and oxygen atoms in total. The Morgan fingerprint density at radius 3 is 2.77 bits per heavy atom. The molecule has 0 fully saturated rings. The molecule has 31 heavy (non-hydrogen) atoms. The number of hydrogen-bond acceptors (Lipinski definition) is 6. The van der Waals surface area contributed by atoms with Gasteiger partial charge in [-0.05, 0) is 30.7 Å². The van der Waals surface area contributed by atoms with Crippen molar-refractivity contribution in [1.29, 1.82) is 0 Å². The number of rotatable bonds is 7. The Bertz CT molecular complexity index is 1230. The van der Waals surface area contributed by atoms with E-state index in [9.17, 15) is 13.2 Å². The van der Waals surface area contributed by atoms with Gasteiger partial charge in [-0.15, -0.1) is 17.9 Å². The van der Waals surface area contributed by atoms with Gasteiger partial charge in [0, 0.05) is 17.5 Å². The zero-order valence-electron chi connectivity index (χ0n) is 16.9. The number of benzene rings is 2. The van der Waals surface area contributed by atoms with Crippen molar-refractivity contribution in [3.8, 4) is 17.0 Å². The Labute approximate surface area is 185 Å². The zero-order chi connectivity index (χ0) is 22.0. The van der Waals surface area contributed by atoms with E-state index in [4.69, 9.17) is 4.74 Å². The molecule has 4 rings (SSSR count). The van der Waals surface area contributed by atoms with Gasteiger partial charge in [0.25, 0.3) is 5.91 Å². The minimum absolute atomic E-state index is 0.0101. The van der Waals surface area contributed by atoms with Gasteiger partial charge in [-0.1, -0.05) is 35.9 Å². The van der Waals surface area contributed by atoms with Crippen LogP contribution in [-0.4, -0.2) is 32.5 Å². The second-order valence-corrected chi connectivity index (χ2v) is 9.73. The van der Waals surface area contributed by atoms with E-state index in [0.717, 1.165) is 11.1 Å². The average molecular weight is 456 g/mol. The van der Waals surface area contributed by atoms with E-state index in [2.05, 4.69) is 16.3 Å². The molecule has 1 aliphatic rings. The van der Waals surface area contributed by atoms with Crippen LogP contribution in [-0.2, 0) is 20.6 Å². The number of sulfonamides is 1. The number of thiazole rings is 1. The lowest BCUT2D eigenvalue weighted by Crippen LogP contribution is -2.38. The van der Waals surface area contributed by atoms with Crippen molar-refractivity contribution in [3.05, 3.63) is 71.6 Å². The number of anilines is 2. The van der Waals surface area contributed by atoms with Crippen LogP contribution in [0.3, 0.4) is 0 Å². The molecule has 0 saturated heterocycles. The molecule has 9 heteroatoms. The summed E-state index contributed by atoms with van der Waals surface area (Å²) in [5.41, 5.74) is 3.78. The van der Waals surface area contributed by atoms with Gasteiger partial charge in [0.1, 0.15) is 5.75 Å². The van der Waals surface area contributed by atoms with Crippen LogP contribution in [0.15, 0.2) is 60.5 Å². The number of hydrogen-bond donors (Lipinski definition) is 1. The lowest BCUT2D eigenvalue weighted by atomic mass is 10.1. The number of nitrogens with one attached hydrogen (secondary N) is 1. The topological polar surface area (TPSA) is 88.6 Å². The molecule has 1 amide bonds. The van der Waals surface area contributed by atoms with Crippen molar-refractivity contribution in [2.45, 2.75) is 12.7 Å². The van der Waals surface area contributed by atoms with Gasteiger partial charge >= 0.3 is 0 Å². The van der Waals surface area contributed by atoms with Crippen molar-refractivity contribution in [1.82, 2.24) is 4.98 Å². The number of ether oxygens (including phenoxy) is 1. The van der Waals surface area contributed by atoms with Crippen LogP contribution >= 0.6 is 11.3 Å². The molecule has 0 atom stereocenters. The van der Waals surface area contributed by atoms with Crippen LogP contribution < -0.4 is 14.4 Å². The molecule has 0 aliphatic carbocycles. The van der Waals surface area contributed by atoms with Gasteiger partial charge in [-0.2, -0.15) is 0 Å². The number of nitrogens with zero attached hydrogens (tertiary/aromatic N) is 2. The van der Waals surface area contributed by atoms with Gasteiger partial charge in [0.15, 0.2) is 11.7 Å². The van der Waals surface area contributed by atoms with Crippen molar-refractivity contribution in [2.24, 2.45) is 0 Å². The lowest BCUT2D eigenvalue weighted by molar-refractivity contribution is -0.121. The third-order valence-electron chi connectivity index (χ3n) is 4.73. The second-order valence-electron chi connectivity index (χ2n) is 7.15. The van der Waals surface area contributed by atoms with Crippen molar-refractivity contribution in [3.63, 3.8) is 0 Å². The number of fused-ring (bicyclic) bond motifs is 1. The predicted octanol–water partition coefficient (Wildman–Crippen LogP) is 3.97. The maximum atomic E-state index is 12.5. The first-order valence-corrected chi connectivity index (χ1v) is 12.1. The Morgan fingerprint density at radius 2 is 2.03 bits per heavy atom. The molecule has 2 heterocycles. The molecule has 0 unspecified atom stereocenters. The number of amides is 1. The fourth-order valence-corrected chi connectivity index (χ4v) is 5.37. The molecule has 1 N–H and O–H groups in total. The normalized spacial score (nSPS) is 13.5. The first kappa shape index (κ1) is 21.1. The third kappa shape index (κ3) is 4.78. The van der Waals surface area contributed by atoms with Gasteiger partial charge in [-0.25, -0.2) is 13.4 Å². The molecule has 2 aromatic carbocycles. The first-order chi connectivity index (χ1) is 14.8. The molecule has 0 saturated carbocycles. The summed E-state index contributed by atoms with van der Waals surface area (Å²) in [6, 6.07) is 12.8. The summed E-state index contributed by atoms with van der Waals surface area (Å²) < 4.78 is 33.1. The van der Waals surface area contributed by atoms with Crippen LogP contribution in [0.5, 0.6) is 5.75 Å². The SMILES string of the molecule is C=CCN1C(=O)COc2ccc(-c3csc(NS(=O)(=O)Cc4ccc(C)cc4)n3)cc21. The molecule has 160 valence electrons. The van der Waals surface area contributed by atoms with E-state index in [1.165, 1.54) is 11.3 Å².